The lowest BCUT2D eigenvalue weighted by Gasteiger charge is -2.30. The van der Waals surface area contributed by atoms with E-state index in [1.807, 2.05) is 4.90 Å². The monoisotopic (exact) mass is 294 g/mol. The van der Waals surface area contributed by atoms with Gasteiger partial charge in [-0.2, -0.15) is 0 Å². The molecule has 1 aromatic carbocycles. The van der Waals surface area contributed by atoms with Crippen LogP contribution in [0.4, 0.5) is 5.69 Å². The molecule has 3 rings (SSSR count). The molecule has 2 aliphatic heterocycles. The predicted octanol–water partition coefficient (Wildman–Crippen LogP) is 1.30. The van der Waals surface area contributed by atoms with Crippen LogP contribution in [0.2, 0.25) is 5.02 Å². The normalized spacial score (nSPS) is 24.4. The molecule has 20 heavy (non-hydrogen) atoms. The van der Waals surface area contributed by atoms with Gasteiger partial charge in [-0.05, 0) is 24.3 Å². The summed E-state index contributed by atoms with van der Waals surface area (Å²) in [6.45, 7) is 2.61. The van der Waals surface area contributed by atoms with Crippen LogP contribution >= 0.6 is 11.6 Å². The molecule has 6 heteroatoms. The van der Waals surface area contributed by atoms with Crippen molar-refractivity contribution in [1.82, 2.24) is 4.90 Å². The van der Waals surface area contributed by atoms with Gasteiger partial charge in [-0.15, -0.1) is 0 Å². The summed E-state index contributed by atoms with van der Waals surface area (Å²) in [6, 6.07) is 6.39. The largest absolute Gasteiger partial charge is 0.379 e. The summed E-state index contributed by atoms with van der Waals surface area (Å²) in [5.41, 5.74) is 0.583. The molecule has 1 aromatic rings. The van der Waals surface area contributed by atoms with Gasteiger partial charge < -0.3 is 4.74 Å². The Kier molecular flexibility index (Phi) is 3.74. The molecule has 0 spiro atoms. The van der Waals surface area contributed by atoms with Gasteiger partial charge >= 0.3 is 0 Å². The molecular formula is C14H15ClN2O3. The standard InChI is InChI=1S/C14H15ClN2O3/c15-10-1-3-11(4-2-10)17-13(18)9-12(14(17)19)16-5-7-20-8-6-16/h1-4,12H,5-9H2/t12-/m0/s1. The Bertz CT molecular complexity index is 526. The van der Waals surface area contributed by atoms with Gasteiger partial charge in [-0.3, -0.25) is 14.5 Å². The Labute approximate surface area is 122 Å². The van der Waals surface area contributed by atoms with Crippen LogP contribution in [-0.2, 0) is 14.3 Å². The SMILES string of the molecule is O=C1C[C@H](N2CCOCC2)C(=O)N1c1ccc(Cl)cc1. The smallest absolute Gasteiger partial charge is 0.251 e. The second kappa shape index (κ2) is 5.52. The number of hydrogen-bond donors (Lipinski definition) is 0. The van der Waals surface area contributed by atoms with Crippen LogP contribution in [0.1, 0.15) is 6.42 Å². The molecule has 0 unspecified atom stereocenters. The molecule has 2 fully saturated rings. The number of hydrogen-bond acceptors (Lipinski definition) is 4. The van der Waals surface area contributed by atoms with Gasteiger partial charge in [0.2, 0.25) is 5.91 Å². The molecule has 2 saturated heterocycles. The Morgan fingerprint density at radius 1 is 1.10 bits per heavy atom. The maximum atomic E-state index is 12.5. The van der Waals surface area contributed by atoms with E-state index in [2.05, 4.69) is 0 Å². The number of ether oxygens (including phenoxy) is 1. The number of morpholine rings is 1. The first kappa shape index (κ1) is 13.5. The van der Waals surface area contributed by atoms with E-state index in [1.165, 1.54) is 4.90 Å². The third-order valence-corrected chi connectivity index (χ3v) is 3.95. The number of carbonyl (C=O) groups excluding carboxylic acids is 2. The van der Waals surface area contributed by atoms with Crippen LogP contribution in [0.25, 0.3) is 0 Å². The molecule has 0 bridgehead atoms. The van der Waals surface area contributed by atoms with Crippen molar-refractivity contribution in [3.8, 4) is 0 Å². The summed E-state index contributed by atoms with van der Waals surface area (Å²) >= 11 is 5.83. The van der Waals surface area contributed by atoms with E-state index >= 15 is 0 Å². The second-order valence-corrected chi connectivity index (χ2v) is 5.35. The molecule has 0 radical (unpaired) electrons. The van der Waals surface area contributed by atoms with E-state index in [-0.39, 0.29) is 24.3 Å². The molecular weight excluding hydrogens is 280 g/mol. The first-order valence-corrected chi connectivity index (χ1v) is 6.99. The molecule has 0 saturated carbocycles. The quantitative estimate of drug-likeness (QED) is 0.772. The van der Waals surface area contributed by atoms with Gasteiger partial charge in [0.05, 0.1) is 31.4 Å². The number of imide groups is 1. The van der Waals surface area contributed by atoms with Gasteiger partial charge in [0.25, 0.3) is 5.91 Å². The third kappa shape index (κ3) is 2.44. The van der Waals surface area contributed by atoms with Crippen molar-refractivity contribution in [3.63, 3.8) is 0 Å². The van der Waals surface area contributed by atoms with E-state index in [1.54, 1.807) is 24.3 Å². The van der Waals surface area contributed by atoms with E-state index < -0.39 is 0 Å². The molecule has 1 atom stereocenters. The highest BCUT2D eigenvalue weighted by Crippen LogP contribution is 2.27. The van der Waals surface area contributed by atoms with E-state index in [0.717, 1.165) is 0 Å². The summed E-state index contributed by atoms with van der Waals surface area (Å²) in [4.78, 5) is 27.9. The minimum Gasteiger partial charge on any atom is -0.379 e. The number of amides is 2. The van der Waals surface area contributed by atoms with Crippen LogP contribution in [-0.4, -0.2) is 49.1 Å². The first-order valence-electron chi connectivity index (χ1n) is 6.61. The average Bonchev–Trinajstić information content (AvgIpc) is 2.76. The van der Waals surface area contributed by atoms with Crippen molar-refractivity contribution >= 4 is 29.1 Å². The van der Waals surface area contributed by atoms with Gasteiger partial charge in [-0.25, -0.2) is 4.90 Å². The predicted molar refractivity (Wildman–Crippen MR) is 74.7 cm³/mol. The zero-order valence-corrected chi connectivity index (χ0v) is 11.7. The van der Waals surface area contributed by atoms with Crippen LogP contribution < -0.4 is 4.90 Å². The fourth-order valence-corrected chi connectivity index (χ4v) is 2.78. The van der Waals surface area contributed by atoms with Gasteiger partial charge in [0.15, 0.2) is 0 Å². The number of halogens is 1. The average molecular weight is 295 g/mol. The third-order valence-electron chi connectivity index (χ3n) is 3.69. The Hall–Kier alpha value is -1.43. The number of anilines is 1. The lowest BCUT2D eigenvalue weighted by atomic mass is 10.2. The van der Waals surface area contributed by atoms with Gasteiger partial charge in [-0.1, -0.05) is 11.6 Å². The molecule has 0 aromatic heterocycles. The second-order valence-electron chi connectivity index (χ2n) is 4.91. The molecule has 2 aliphatic rings. The lowest BCUT2D eigenvalue weighted by Crippen LogP contribution is -2.47. The molecule has 106 valence electrons. The highest BCUT2D eigenvalue weighted by molar-refractivity contribution is 6.30. The molecule has 0 aliphatic carbocycles. The first-order chi connectivity index (χ1) is 9.66. The zero-order valence-electron chi connectivity index (χ0n) is 10.9. The van der Waals surface area contributed by atoms with Crippen molar-refractivity contribution < 1.29 is 14.3 Å². The minimum absolute atomic E-state index is 0.153. The van der Waals surface area contributed by atoms with Crippen molar-refractivity contribution in [2.75, 3.05) is 31.2 Å². The fourth-order valence-electron chi connectivity index (χ4n) is 2.65. The van der Waals surface area contributed by atoms with Crippen LogP contribution in [0.3, 0.4) is 0 Å². The lowest BCUT2D eigenvalue weighted by molar-refractivity contribution is -0.123. The summed E-state index contributed by atoms with van der Waals surface area (Å²) in [5.74, 6) is -0.312. The van der Waals surface area contributed by atoms with Crippen molar-refractivity contribution in [2.24, 2.45) is 0 Å². The summed E-state index contributed by atoms with van der Waals surface area (Å²) < 4.78 is 5.28. The van der Waals surface area contributed by atoms with Gasteiger partial charge in [0, 0.05) is 18.1 Å². The van der Waals surface area contributed by atoms with Crippen LogP contribution in [0.5, 0.6) is 0 Å². The number of benzene rings is 1. The topological polar surface area (TPSA) is 49.9 Å². The van der Waals surface area contributed by atoms with Crippen LogP contribution in [0, 0.1) is 0 Å². The summed E-state index contributed by atoms with van der Waals surface area (Å²) in [5, 5.41) is 0.581. The van der Waals surface area contributed by atoms with Crippen molar-refractivity contribution in [1.29, 1.82) is 0 Å². The Morgan fingerprint density at radius 2 is 1.75 bits per heavy atom. The number of rotatable bonds is 2. The minimum atomic E-state index is -0.359. The summed E-state index contributed by atoms with van der Waals surface area (Å²) in [7, 11) is 0. The maximum absolute atomic E-state index is 12.5. The van der Waals surface area contributed by atoms with Gasteiger partial charge in [0.1, 0.15) is 0 Å². The molecule has 2 amide bonds. The summed E-state index contributed by atoms with van der Waals surface area (Å²) in [6.07, 6.45) is 0.238. The number of carbonyl (C=O) groups is 2. The van der Waals surface area contributed by atoms with E-state index in [0.29, 0.717) is 37.0 Å². The maximum Gasteiger partial charge on any atom is 0.251 e. The number of nitrogens with zero attached hydrogens (tertiary/aromatic N) is 2. The Balaban J connectivity index is 1.81. The van der Waals surface area contributed by atoms with Crippen LogP contribution in [0.15, 0.2) is 24.3 Å². The van der Waals surface area contributed by atoms with Crippen molar-refractivity contribution in [3.05, 3.63) is 29.3 Å². The highest BCUT2D eigenvalue weighted by atomic mass is 35.5. The fraction of sp³-hybridized carbons (Fsp3) is 0.429. The molecule has 5 nitrogen and oxygen atoms in total. The van der Waals surface area contributed by atoms with E-state index in [4.69, 9.17) is 16.3 Å². The molecule has 0 N–H and O–H groups in total. The van der Waals surface area contributed by atoms with Crippen molar-refractivity contribution in [2.45, 2.75) is 12.5 Å². The van der Waals surface area contributed by atoms with E-state index in [9.17, 15) is 9.59 Å². The zero-order chi connectivity index (χ0) is 14.1. The Morgan fingerprint density at radius 3 is 2.40 bits per heavy atom. The highest BCUT2D eigenvalue weighted by Gasteiger charge is 2.42. The molecule has 2 heterocycles.